The van der Waals surface area contributed by atoms with Crippen molar-refractivity contribution in [3.05, 3.63) is 35.4 Å². The highest BCUT2D eigenvalue weighted by molar-refractivity contribution is 5.98. The lowest BCUT2D eigenvalue weighted by atomic mass is 10.0. The van der Waals surface area contributed by atoms with Gasteiger partial charge in [-0.25, -0.2) is 0 Å². The lowest BCUT2D eigenvalue weighted by Crippen LogP contribution is -2.52. The molecule has 1 saturated heterocycles. The zero-order valence-corrected chi connectivity index (χ0v) is 13.4. The number of halogens is 1. The molecule has 2 rings (SSSR count). The predicted octanol–water partition coefficient (Wildman–Crippen LogP) is 2.20. The van der Waals surface area contributed by atoms with Crippen LogP contribution in [0.2, 0.25) is 0 Å². The summed E-state index contributed by atoms with van der Waals surface area (Å²) in [6.45, 7) is 6.42. The van der Waals surface area contributed by atoms with E-state index in [0.717, 1.165) is 25.2 Å². The summed E-state index contributed by atoms with van der Waals surface area (Å²) >= 11 is 0. The van der Waals surface area contributed by atoms with Gasteiger partial charge in [0.25, 0.3) is 0 Å². The maximum absolute atomic E-state index is 12.1. The first-order chi connectivity index (χ1) is 9.58. The smallest absolute Gasteiger partial charge is 0.223 e. The number of ketones is 1. The Morgan fingerprint density at radius 1 is 1.24 bits per heavy atom. The summed E-state index contributed by atoms with van der Waals surface area (Å²) in [6, 6.07) is 7.72. The van der Waals surface area contributed by atoms with E-state index in [1.54, 1.807) is 0 Å². The summed E-state index contributed by atoms with van der Waals surface area (Å²) in [5.41, 5.74) is 1.82. The average molecular weight is 311 g/mol. The van der Waals surface area contributed by atoms with Crippen molar-refractivity contribution in [2.75, 3.05) is 19.6 Å². The number of aryl methyl sites for hydroxylation is 1. The van der Waals surface area contributed by atoms with E-state index >= 15 is 0 Å². The molecule has 0 unspecified atom stereocenters. The van der Waals surface area contributed by atoms with Crippen LogP contribution in [0, 0.1) is 6.92 Å². The van der Waals surface area contributed by atoms with Gasteiger partial charge in [0, 0.05) is 44.1 Å². The molecule has 5 heteroatoms. The molecule has 0 saturated carbocycles. The Morgan fingerprint density at radius 3 is 2.52 bits per heavy atom. The molecule has 0 aliphatic carbocycles. The van der Waals surface area contributed by atoms with Crippen molar-refractivity contribution in [1.29, 1.82) is 0 Å². The van der Waals surface area contributed by atoms with Gasteiger partial charge in [0.2, 0.25) is 5.91 Å². The monoisotopic (exact) mass is 310 g/mol. The van der Waals surface area contributed by atoms with Crippen LogP contribution in [0.3, 0.4) is 0 Å². The Hall–Kier alpha value is -1.39. The average Bonchev–Trinajstić information content (AvgIpc) is 2.45. The summed E-state index contributed by atoms with van der Waals surface area (Å²) in [5.74, 6) is 0.126. The molecule has 1 aromatic rings. The van der Waals surface area contributed by atoms with E-state index in [0.29, 0.717) is 18.4 Å². The van der Waals surface area contributed by atoms with Crippen LogP contribution in [-0.4, -0.2) is 42.3 Å². The summed E-state index contributed by atoms with van der Waals surface area (Å²) in [4.78, 5) is 26.1. The first kappa shape index (κ1) is 17.7. The number of nitrogens with one attached hydrogen (secondary N) is 1. The van der Waals surface area contributed by atoms with Crippen LogP contribution in [0.1, 0.15) is 35.7 Å². The van der Waals surface area contributed by atoms with Gasteiger partial charge >= 0.3 is 0 Å². The number of piperazine rings is 1. The molecule has 21 heavy (non-hydrogen) atoms. The van der Waals surface area contributed by atoms with Gasteiger partial charge in [0.15, 0.2) is 5.78 Å². The zero-order valence-electron chi connectivity index (χ0n) is 12.6. The van der Waals surface area contributed by atoms with E-state index in [1.165, 1.54) is 0 Å². The van der Waals surface area contributed by atoms with Crippen molar-refractivity contribution < 1.29 is 9.59 Å². The zero-order chi connectivity index (χ0) is 14.5. The third-order valence-electron chi connectivity index (χ3n) is 3.76. The number of amides is 1. The third kappa shape index (κ3) is 4.83. The van der Waals surface area contributed by atoms with Crippen LogP contribution >= 0.6 is 12.4 Å². The van der Waals surface area contributed by atoms with Gasteiger partial charge in [-0.05, 0) is 13.8 Å². The molecule has 0 spiro atoms. The number of benzene rings is 1. The van der Waals surface area contributed by atoms with E-state index in [2.05, 4.69) is 5.32 Å². The predicted molar refractivity (Wildman–Crippen MR) is 86.0 cm³/mol. The Labute approximate surface area is 132 Å². The highest BCUT2D eigenvalue weighted by Crippen LogP contribution is 2.11. The minimum atomic E-state index is 0. The third-order valence-corrected chi connectivity index (χ3v) is 3.76. The van der Waals surface area contributed by atoms with Crippen molar-refractivity contribution in [3.63, 3.8) is 0 Å². The molecule has 116 valence electrons. The highest BCUT2D eigenvalue weighted by Gasteiger charge is 2.23. The summed E-state index contributed by atoms with van der Waals surface area (Å²) in [6.07, 6.45) is 0.593. The summed E-state index contributed by atoms with van der Waals surface area (Å²) in [7, 11) is 0. The first-order valence-corrected chi connectivity index (χ1v) is 7.18. The lowest BCUT2D eigenvalue weighted by Gasteiger charge is -2.34. The molecular weight excluding hydrogens is 288 g/mol. The largest absolute Gasteiger partial charge is 0.337 e. The minimum absolute atomic E-state index is 0. The van der Waals surface area contributed by atoms with Gasteiger partial charge in [-0.15, -0.1) is 12.4 Å². The Kier molecular flexibility index (Phi) is 6.85. The number of rotatable bonds is 4. The number of hydrogen-bond donors (Lipinski definition) is 1. The molecule has 0 bridgehead atoms. The Bertz CT molecular complexity index is 488. The van der Waals surface area contributed by atoms with Crippen molar-refractivity contribution in [2.24, 2.45) is 0 Å². The Balaban J connectivity index is 0.00000220. The molecule has 4 nitrogen and oxygen atoms in total. The molecule has 1 amide bonds. The van der Waals surface area contributed by atoms with E-state index in [4.69, 9.17) is 0 Å². The second kappa shape index (κ2) is 8.15. The number of Topliss-reactive ketones (excluding diaryl/α,β-unsaturated/α-hetero) is 1. The standard InChI is InChI=1S/C16H22N2O2.ClH/c1-12-3-5-14(6-4-12)15(19)7-8-16(20)18-10-9-17-11-13(18)2;/h3-6,13,17H,7-11H2,1-2H3;1H/t13-;/m1./s1. The minimum Gasteiger partial charge on any atom is -0.337 e. The van der Waals surface area contributed by atoms with Crippen LogP contribution in [-0.2, 0) is 4.79 Å². The van der Waals surface area contributed by atoms with Gasteiger partial charge in [-0.3, -0.25) is 9.59 Å². The second-order valence-corrected chi connectivity index (χ2v) is 5.43. The fourth-order valence-corrected chi connectivity index (χ4v) is 2.46. The van der Waals surface area contributed by atoms with Crippen LogP contribution in [0.5, 0.6) is 0 Å². The normalized spacial score (nSPS) is 18.0. The fourth-order valence-electron chi connectivity index (χ4n) is 2.46. The molecule has 1 atom stereocenters. The number of carbonyl (C=O) groups is 2. The van der Waals surface area contributed by atoms with E-state index < -0.39 is 0 Å². The molecule has 1 fully saturated rings. The van der Waals surface area contributed by atoms with Crippen LogP contribution in [0.25, 0.3) is 0 Å². The molecule has 1 aliphatic rings. The number of hydrogen-bond acceptors (Lipinski definition) is 3. The molecule has 1 heterocycles. The van der Waals surface area contributed by atoms with Gasteiger partial charge in [-0.2, -0.15) is 0 Å². The molecule has 1 N–H and O–H groups in total. The Morgan fingerprint density at radius 2 is 1.90 bits per heavy atom. The van der Waals surface area contributed by atoms with Crippen LogP contribution in [0.4, 0.5) is 0 Å². The van der Waals surface area contributed by atoms with Gasteiger partial charge in [0.05, 0.1) is 0 Å². The molecular formula is C16H23ClN2O2. The number of nitrogens with zero attached hydrogens (tertiary/aromatic N) is 1. The first-order valence-electron chi connectivity index (χ1n) is 7.18. The summed E-state index contributed by atoms with van der Waals surface area (Å²) in [5, 5.41) is 3.25. The quantitative estimate of drug-likeness (QED) is 0.867. The SMILES string of the molecule is Cc1ccc(C(=O)CCC(=O)N2CCNC[C@H]2C)cc1.Cl. The van der Waals surface area contributed by atoms with E-state index in [9.17, 15) is 9.59 Å². The van der Waals surface area contributed by atoms with Crippen molar-refractivity contribution in [1.82, 2.24) is 10.2 Å². The lowest BCUT2D eigenvalue weighted by molar-refractivity contribution is -0.133. The van der Waals surface area contributed by atoms with E-state index in [-0.39, 0.29) is 30.1 Å². The van der Waals surface area contributed by atoms with Gasteiger partial charge < -0.3 is 10.2 Å². The maximum atomic E-state index is 12.1. The number of carbonyl (C=O) groups excluding carboxylic acids is 2. The van der Waals surface area contributed by atoms with Crippen LogP contribution < -0.4 is 5.32 Å². The summed E-state index contributed by atoms with van der Waals surface area (Å²) < 4.78 is 0. The van der Waals surface area contributed by atoms with Gasteiger partial charge in [0.1, 0.15) is 0 Å². The highest BCUT2D eigenvalue weighted by atomic mass is 35.5. The molecule has 1 aromatic carbocycles. The molecule has 0 aromatic heterocycles. The fraction of sp³-hybridized carbons (Fsp3) is 0.500. The maximum Gasteiger partial charge on any atom is 0.223 e. The van der Waals surface area contributed by atoms with Crippen molar-refractivity contribution >= 4 is 24.1 Å². The van der Waals surface area contributed by atoms with Crippen LogP contribution in [0.15, 0.2) is 24.3 Å². The molecule has 1 aliphatic heterocycles. The van der Waals surface area contributed by atoms with Gasteiger partial charge in [-0.1, -0.05) is 29.8 Å². The topological polar surface area (TPSA) is 49.4 Å². The van der Waals surface area contributed by atoms with Crippen molar-refractivity contribution in [2.45, 2.75) is 32.7 Å². The van der Waals surface area contributed by atoms with E-state index in [1.807, 2.05) is 43.0 Å². The molecule has 0 radical (unpaired) electrons. The second-order valence-electron chi connectivity index (χ2n) is 5.43. The van der Waals surface area contributed by atoms with Crippen molar-refractivity contribution in [3.8, 4) is 0 Å².